The van der Waals surface area contributed by atoms with Crippen LogP contribution in [0.25, 0.3) is 21.5 Å². The molecule has 3 aliphatic rings. The Morgan fingerprint density at radius 2 is 0.769 bits per heavy atom. The van der Waals surface area contributed by atoms with Crippen molar-refractivity contribution in [2.75, 3.05) is 0 Å². The Morgan fingerprint density at radius 1 is 0.442 bits per heavy atom. The minimum Gasteiger partial charge on any atom is -0.405 e. The molecule has 3 fully saturated rings. The van der Waals surface area contributed by atoms with E-state index < -0.39 is 21.1 Å². The molecule has 52 heavy (non-hydrogen) atoms. The van der Waals surface area contributed by atoms with Gasteiger partial charge in [-0.05, 0) is 122 Å². The molecule has 3 aliphatic heterocycles. The Labute approximate surface area is 318 Å². The van der Waals surface area contributed by atoms with Crippen molar-refractivity contribution in [3.63, 3.8) is 0 Å². The number of hydrogen-bond donors (Lipinski definition) is 0. The molecular formula is C40H50B3BrO8. The summed E-state index contributed by atoms with van der Waals surface area (Å²) in [5.74, 6) is 0. The average Bonchev–Trinajstić information content (AvgIpc) is 3.54. The highest BCUT2D eigenvalue weighted by atomic mass is 79.9. The normalized spacial score (nSPS) is 21.7. The highest BCUT2D eigenvalue weighted by molar-refractivity contribution is 9.10. The number of carbonyl (C=O) groups excluding carboxylic acids is 2. The van der Waals surface area contributed by atoms with E-state index in [1.807, 2.05) is 156 Å². The molecule has 0 atom stereocenters. The van der Waals surface area contributed by atoms with Crippen LogP contribution >= 0.6 is 15.9 Å². The van der Waals surface area contributed by atoms with Gasteiger partial charge in [0.25, 0.3) is 0 Å². The minimum absolute atomic E-state index is 0.360. The smallest absolute Gasteiger partial charge is 0.405 e. The summed E-state index contributed by atoms with van der Waals surface area (Å²) >= 11 is 3.44. The molecule has 0 saturated carbocycles. The largest absolute Gasteiger partial charge is 0.495 e. The molecule has 0 bridgehead atoms. The van der Waals surface area contributed by atoms with Crippen molar-refractivity contribution >= 4 is 76.6 Å². The Balaban J connectivity index is 0.000000155. The van der Waals surface area contributed by atoms with Gasteiger partial charge in [-0.3, -0.25) is 9.59 Å². The molecule has 4 aromatic rings. The van der Waals surface area contributed by atoms with Crippen molar-refractivity contribution in [2.45, 2.75) is 117 Å². The second kappa shape index (κ2) is 14.4. The monoisotopic (exact) mass is 770 g/mol. The molecule has 4 aromatic carbocycles. The van der Waals surface area contributed by atoms with Gasteiger partial charge in [0.2, 0.25) is 0 Å². The second-order valence-corrected chi connectivity index (χ2v) is 17.4. The van der Waals surface area contributed by atoms with E-state index in [4.69, 9.17) is 27.9 Å². The average molecular weight is 771 g/mol. The van der Waals surface area contributed by atoms with E-state index >= 15 is 0 Å². The lowest BCUT2D eigenvalue weighted by Gasteiger charge is -2.32. The van der Waals surface area contributed by atoms with Crippen molar-refractivity contribution in [3.8, 4) is 0 Å². The summed E-state index contributed by atoms with van der Waals surface area (Å²) in [4.78, 5) is 21.9. The first kappa shape index (κ1) is 40.4. The molecular weight excluding hydrogens is 721 g/mol. The van der Waals surface area contributed by atoms with Gasteiger partial charge in [0.1, 0.15) is 0 Å². The van der Waals surface area contributed by atoms with Crippen LogP contribution in [0.3, 0.4) is 0 Å². The van der Waals surface area contributed by atoms with Gasteiger partial charge in [-0.25, -0.2) is 0 Å². The van der Waals surface area contributed by atoms with E-state index in [0.717, 1.165) is 49.6 Å². The molecule has 7 rings (SSSR count). The van der Waals surface area contributed by atoms with Crippen molar-refractivity contribution < 1.29 is 37.5 Å². The van der Waals surface area contributed by atoms with Crippen LogP contribution in [0.2, 0.25) is 0 Å². The fourth-order valence-corrected chi connectivity index (χ4v) is 6.49. The maximum absolute atomic E-state index is 11.2. The Morgan fingerprint density at radius 3 is 1.17 bits per heavy atom. The lowest BCUT2D eigenvalue weighted by Crippen LogP contribution is -2.41. The van der Waals surface area contributed by atoms with E-state index in [-0.39, 0.29) is 33.6 Å². The SMILES string of the molecule is CC1(C)OB(B2OC(C)(C)C(C)(C)O2)OC1(C)C.CC1(C)OB(c2ccc(C=O)c3ccccc23)OC1(C)C.O=Cc1ccc(Br)c2ccccc12. The lowest BCUT2D eigenvalue weighted by molar-refractivity contribution is 0.00578. The van der Waals surface area contributed by atoms with Gasteiger partial charge < -0.3 is 27.9 Å². The predicted octanol–water partition coefficient (Wildman–Crippen LogP) is 8.62. The molecule has 274 valence electrons. The zero-order valence-electron chi connectivity index (χ0n) is 32.5. The number of carbonyl (C=O) groups is 2. The quantitative estimate of drug-likeness (QED) is 0.151. The molecule has 0 radical (unpaired) electrons. The third-order valence-corrected chi connectivity index (χ3v) is 12.1. The van der Waals surface area contributed by atoms with Gasteiger partial charge in [-0.1, -0.05) is 76.6 Å². The third kappa shape index (κ3) is 7.72. The molecule has 0 aromatic heterocycles. The molecule has 8 nitrogen and oxygen atoms in total. The number of fused-ring (bicyclic) bond motifs is 2. The van der Waals surface area contributed by atoms with Crippen molar-refractivity contribution in [3.05, 3.63) is 88.4 Å². The predicted molar refractivity (Wildman–Crippen MR) is 214 cm³/mol. The summed E-state index contributed by atoms with van der Waals surface area (Å²) < 4.78 is 37.1. The minimum atomic E-state index is -0.476. The summed E-state index contributed by atoms with van der Waals surface area (Å²) in [5.41, 5.74) is 0.203. The summed E-state index contributed by atoms with van der Waals surface area (Å²) in [7, 11) is -1.37. The zero-order chi connectivity index (χ0) is 38.5. The molecule has 3 saturated heterocycles. The first-order valence-electron chi connectivity index (χ1n) is 17.7. The molecule has 12 heteroatoms. The first-order valence-corrected chi connectivity index (χ1v) is 18.5. The molecule has 0 amide bonds. The van der Waals surface area contributed by atoms with E-state index in [1.54, 1.807) is 0 Å². The Kier molecular flexibility index (Phi) is 11.2. The standard InChI is InChI=1S/C17H19BO3.C12H24B2O4.C11H7BrO/c1-16(2)17(3,4)21-18(20-16)15-10-9-12(11-19)13-7-5-6-8-14(13)15;1-9(2)10(3,4)16-13(15-9)14-17-11(5,6)12(7,8)18-14;12-11-6-5-8(7-13)9-3-1-2-4-10(9)11/h5-11H,1-4H3;1-8H3;1-7H. The third-order valence-electron chi connectivity index (χ3n) is 11.4. The Hall–Kier alpha value is -2.83. The van der Waals surface area contributed by atoms with Gasteiger partial charge in [0, 0.05) is 15.6 Å². The van der Waals surface area contributed by atoms with E-state index in [9.17, 15) is 9.59 Å². The van der Waals surface area contributed by atoms with Crippen LogP contribution in [0, 0.1) is 0 Å². The first-order chi connectivity index (χ1) is 24.1. The summed E-state index contributed by atoms with van der Waals surface area (Å²) in [6, 6.07) is 23.2. The Bertz CT molecular complexity index is 1880. The number of halogens is 1. The van der Waals surface area contributed by atoms with Crippen molar-refractivity contribution in [1.29, 1.82) is 0 Å². The fraction of sp³-hybridized carbons (Fsp3) is 0.450. The molecule has 0 aliphatic carbocycles. The number of aldehydes is 2. The summed E-state index contributed by atoms with van der Waals surface area (Å²) in [6.45, 7) is 24.4. The maximum Gasteiger partial charge on any atom is 0.495 e. The van der Waals surface area contributed by atoms with Gasteiger partial charge >= 0.3 is 21.1 Å². The fourth-order valence-electron chi connectivity index (χ4n) is 6.01. The second-order valence-electron chi connectivity index (χ2n) is 16.5. The number of rotatable bonds is 4. The van der Waals surface area contributed by atoms with E-state index in [2.05, 4.69) is 15.9 Å². The van der Waals surface area contributed by atoms with Gasteiger partial charge in [0.15, 0.2) is 12.6 Å². The summed E-state index contributed by atoms with van der Waals surface area (Å²) in [6.07, 6.45) is 1.77. The van der Waals surface area contributed by atoms with Gasteiger partial charge in [-0.15, -0.1) is 0 Å². The number of benzene rings is 4. The zero-order valence-corrected chi connectivity index (χ0v) is 34.0. The summed E-state index contributed by atoms with van der Waals surface area (Å²) in [5, 5.41) is 4.00. The van der Waals surface area contributed by atoms with Crippen LogP contribution in [0.4, 0.5) is 0 Å². The molecule has 0 unspecified atom stereocenters. The number of hydrogen-bond acceptors (Lipinski definition) is 8. The molecule has 0 N–H and O–H groups in total. The van der Waals surface area contributed by atoms with Crippen molar-refractivity contribution in [1.82, 2.24) is 0 Å². The van der Waals surface area contributed by atoms with E-state index in [1.165, 1.54) is 0 Å². The van der Waals surface area contributed by atoms with Crippen molar-refractivity contribution in [2.24, 2.45) is 0 Å². The highest BCUT2D eigenvalue weighted by Crippen LogP contribution is 2.43. The van der Waals surface area contributed by atoms with Crippen LogP contribution < -0.4 is 5.46 Å². The van der Waals surface area contributed by atoms with Crippen LogP contribution in [-0.4, -0.2) is 67.3 Å². The maximum atomic E-state index is 11.2. The van der Waals surface area contributed by atoms with Crippen LogP contribution in [0.1, 0.15) is 104 Å². The molecule has 0 spiro atoms. The van der Waals surface area contributed by atoms with Crippen LogP contribution in [0.5, 0.6) is 0 Å². The van der Waals surface area contributed by atoms with Crippen LogP contribution in [0.15, 0.2) is 77.3 Å². The lowest BCUT2D eigenvalue weighted by atomic mass is 9.49. The van der Waals surface area contributed by atoms with Crippen LogP contribution in [-0.2, 0) is 27.9 Å². The van der Waals surface area contributed by atoms with E-state index in [0.29, 0.717) is 5.56 Å². The van der Waals surface area contributed by atoms with Gasteiger partial charge in [-0.2, -0.15) is 0 Å². The van der Waals surface area contributed by atoms with Gasteiger partial charge in [0.05, 0.1) is 33.6 Å². The molecule has 3 heterocycles. The topological polar surface area (TPSA) is 89.5 Å². The highest BCUT2D eigenvalue weighted by Gasteiger charge is 2.63.